The minimum atomic E-state index is -0.144. The van der Waals surface area contributed by atoms with Crippen LogP contribution in [0, 0.1) is 5.41 Å². The third-order valence-corrected chi connectivity index (χ3v) is 5.54. The van der Waals surface area contributed by atoms with Gasteiger partial charge in [0.15, 0.2) is 0 Å². The third kappa shape index (κ3) is 7.15. The summed E-state index contributed by atoms with van der Waals surface area (Å²) in [6.07, 6.45) is 19.3. The molecule has 1 aliphatic rings. The number of rotatable bonds is 12. The van der Waals surface area contributed by atoms with E-state index >= 15 is 0 Å². The highest BCUT2D eigenvalue weighted by Crippen LogP contribution is 2.40. The summed E-state index contributed by atoms with van der Waals surface area (Å²) in [6.45, 7) is 2.95. The monoisotopic (exact) mass is 297 g/mol. The van der Waals surface area contributed by atoms with Crippen molar-refractivity contribution in [3.8, 4) is 0 Å². The van der Waals surface area contributed by atoms with E-state index in [2.05, 4.69) is 6.92 Å². The lowest BCUT2D eigenvalue weighted by atomic mass is 9.69. The van der Waals surface area contributed by atoms with Crippen molar-refractivity contribution in [1.29, 1.82) is 0 Å². The molecule has 0 spiro atoms. The SMILES string of the molecule is CCCCCCCCCCCCC1(CN)CCCCC1O. The average Bonchev–Trinajstić information content (AvgIpc) is 2.51. The van der Waals surface area contributed by atoms with Gasteiger partial charge in [-0.3, -0.25) is 0 Å². The van der Waals surface area contributed by atoms with Crippen LogP contribution in [0.5, 0.6) is 0 Å². The summed E-state index contributed by atoms with van der Waals surface area (Å²) in [5, 5.41) is 10.3. The maximum atomic E-state index is 10.3. The first kappa shape index (κ1) is 19.0. The Hall–Kier alpha value is -0.0800. The van der Waals surface area contributed by atoms with Gasteiger partial charge in [0.1, 0.15) is 0 Å². The fourth-order valence-corrected chi connectivity index (χ4v) is 3.88. The van der Waals surface area contributed by atoms with E-state index < -0.39 is 0 Å². The molecule has 0 aliphatic heterocycles. The summed E-state index contributed by atoms with van der Waals surface area (Å²) in [5.41, 5.74) is 6.04. The highest BCUT2D eigenvalue weighted by Gasteiger charge is 2.37. The zero-order valence-electron chi connectivity index (χ0n) is 14.4. The van der Waals surface area contributed by atoms with Gasteiger partial charge in [-0.1, -0.05) is 84.0 Å². The molecule has 0 aromatic heterocycles. The van der Waals surface area contributed by atoms with Gasteiger partial charge in [-0.25, -0.2) is 0 Å². The van der Waals surface area contributed by atoms with Crippen molar-refractivity contribution in [2.24, 2.45) is 11.1 Å². The summed E-state index contributed by atoms with van der Waals surface area (Å²) < 4.78 is 0. The summed E-state index contributed by atoms with van der Waals surface area (Å²) in [6, 6.07) is 0. The van der Waals surface area contributed by atoms with Crippen LogP contribution in [0.4, 0.5) is 0 Å². The van der Waals surface area contributed by atoms with Crippen molar-refractivity contribution in [2.45, 2.75) is 109 Å². The van der Waals surface area contributed by atoms with Crippen molar-refractivity contribution < 1.29 is 5.11 Å². The van der Waals surface area contributed by atoms with Crippen LogP contribution in [0.2, 0.25) is 0 Å². The second-order valence-electron chi connectivity index (χ2n) is 7.26. The van der Waals surface area contributed by atoms with Crippen molar-refractivity contribution in [3.05, 3.63) is 0 Å². The fraction of sp³-hybridized carbons (Fsp3) is 1.00. The number of aliphatic hydroxyl groups excluding tert-OH is 1. The molecular formula is C19H39NO. The van der Waals surface area contributed by atoms with E-state index in [1.807, 2.05) is 0 Å². The lowest BCUT2D eigenvalue weighted by Gasteiger charge is -2.41. The van der Waals surface area contributed by atoms with Crippen LogP contribution in [-0.2, 0) is 0 Å². The number of unbranched alkanes of at least 4 members (excludes halogenated alkanes) is 9. The molecule has 21 heavy (non-hydrogen) atoms. The smallest absolute Gasteiger partial charge is 0.0608 e. The van der Waals surface area contributed by atoms with Gasteiger partial charge < -0.3 is 10.8 Å². The molecule has 0 saturated heterocycles. The molecule has 1 aliphatic carbocycles. The van der Waals surface area contributed by atoms with Gasteiger partial charge in [0.2, 0.25) is 0 Å². The molecule has 0 bridgehead atoms. The van der Waals surface area contributed by atoms with Crippen molar-refractivity contribution in [2.75, 3.05) is 6.54 Å². The normalized spacial score (nSPS) is 26.1. The van der Waals surface area contributed by atoms with Gasteiger partial charge in [-0.15, -0.1) is 0 Å². The van der Waals surface area contributed by atoms with Crippen molar-refractivity contribution in [3.63, 3.8) is 0 Å². The van der Waals surface area contributed by atoms with E-state index in [0.29, 0.717) is 6.54 Å². The summed E-state index contributed by atoms with van der Waals surface area (Å²) in [4.78, 5) is 0. The number of aliphatic hydroxyl groups is 1. The Bertz CT molecular complexity index is 244. The Morgan fingerprint density at radius 2 is 1.48 bits per heavy atom. The topological polar surface area (TPSA) is 46.2 Å². The standard InChI is InChI=1S/C19H39NO/c1-2-3-4-5-6-7-8-9-10-12-15-19(17-20)16-13-11-14-18(19)21/h18,21H,2-17,20H2,1H3. The Morgan fingerprint density at radius 1 is 0.905 bits per heavy atom. The van der Waals surface area contributed by atoms with Crippen molar-refractivity contribution in [1.82, 2.24) is 0 Å². The molecule has 1 fully saturated rings. The summed E-state index contributed by atoms with van der Waals surface area (Å²) in [7, 11) is 0. The third-order valence-electron chi connectivity index (χ3n) is 5.54. The van der Waals surface area contributed by atoms with E-state index in [1.165, 1.54) is 77.0 Å². The molecule has 3 N–H and O–H groups in total. The molecular weight excluding hydrogens is 258 g/mol. The van der Waals surface area contributed by atoms with Crippen LogP contribution in [0.3, 0.4) is 0 Å². The second kappa shape index (κ2) is 11.5. The molecule has 0 aromatic carbocycles. The van der Waals surface area contributed by atoms with Gasteiger partial charge in [-0.2, -0.15) is 0 Å². The van der Waals surface area contributed by atoms with Crippen LogP contribution >= 0.6 is 0 Å². The number of hydrogen-bond donors (Lipinski definition) is 2. The van der Waals surface area contributed by atoms with Crippen LogP contribution in [0.1, 0.15) is 103 Å². The quantitative estimate of drug-likeness (QED) is 0.488. The van der Waals surface area contributed by atoms with Gasteiger partial charge in [0, 0.05) is 12.0 Å². The van der Waals surface area contributed by atoms with E-state index in [9.17, 15) is 5.11 Å². The Balaban J connectivity index is 2.00. The van der Waals surface area contributed by atoms with Crippen LogP contribution in [0.15, 0.2) is 0 Å². The van der Waals surface area contributed by atoms with Crippen LogP contribution in [0.25, 0.3) is 0 Å². The molecule has 0 heterocycles. The lowest BCUT2D eigenvalue weighted by Crippen LogP contribution is -2.44. The minimum Gasteiger partial charge on any atom is -0.393 e. The van der Waals surface area contributed by atoms with Gasteiger partial charge in [0.25, 0.3) is 0 Å². The predicted molar refractivity (Wildman–Crippen MR) is 92.4 cm³/mol. The van der Waals surface area contributed by atoms with E-state index in [1.54, 1.807) is 0 Å². The first-order valence-electron chi connectivity index (χ1n) is 9.63. The maximum absolute atomic E-state index is 10.3. The lowest BCUT2D eigenvalue weighted by molar-refractivity contribution is -0.0134. The van der Waals surface area contributed by atoms with E-state index in [4.69, 9.17) is 5.73 Å². The Kier molecular flexibility index (Phi) is 10.4. The molecule has 1 rings (SSSR count). The van der Waals surface area contributed by atoms with Gasteiger partial charge in [0.05, 0.1) is 6.10 Å². The molecule has 0 radical (unpaired) electrons. The van der Waals surface area contributed by atoms with Crippen LogP contribution < -0.4 is 5.73 Å². The maximum Gasteiger partial charge on any atom is 0.0608 e. The largest absolute Gasteiger partial charge is 0.393 e. The Morgan fingerprint density at radius 3 is 2.00 bits per heavy atom. The van der Waals surface area contributed by atoms with Gasteiger partial charge in [-0.05, 0) is 19.3 Å². The van der Waals surface area contributed by atoms with Gasteiger partial charge >= 0.3 is 0 Å². The minimum absolute atomic E-state index is 0.0540. The molecule has 2 heteroatoms. The summed E-state index contributed by atoms with van der Waals surface area (Å²) >= 11 is 0. The highest BCUT2D eigenvalue weighted by molar-refractivity contribution is 4.90. The molecule has 0 aromatic rings. The van der Waals surface area contributed by atoms with E-state index in [0.717, 1.165) is 19.3 Å². The van der Waals surface area contributed by atoms with E-state index in [-0.39, 0.29) is 11.5 Å². The molecule has 0 amide bonds. The highest BCUT2D eigenvalue weighted by atomic mass is 16.3. The molecule has 2 nitrogen and oxygen atoms in total. The number of hydrogen-bond acceptors (Lipinski definition) is 2. The Labute approximate surface area is 132 Å². The number of nitrogens with two attached hydrogens (primary N) is 1. The first-order valence-corrected chi connectivity index (χ1v) is 9.63. The molecule has 2 unspecified atom stereocenters. The molecule has 126 valence electrons. The predicted octanol–water partition coefficient (Wildman–Crippen LogP) is 5.18. The van der Waals surface area contributed by atoms with Crippen molar-refractivity contribution >= 4 is 0 Å². The zero-order chi connectivity index (χ0) is 15.4. The first-order chi connectivity index (χ1) is 10.2. The average molecular weight is 298 g/mol. The molecule has 2 atom stereocenters. The fourth-order valence-electron chi connectivity index (χ4n) is 3.88. The molecule has 1 saturated carbocycles. The zero-order valence-corrected chi connectivity index (χ0v) is 14.4. The summed E-state index contributed by atoms with van der Waals surface area (Å²) in [5.74, 6) is 0. The second-order valence-corrected chi connectivity index (χ2v) is 7.26. The van der Waals surface area contributed by atoms with Crippen LogP contribution in [-0.4, -0.2) is 17.8 Å².